The second-order valence-corrected chi connectivity index (χ2v) is 7.41. The fourth-order valence-corrected chi connectivity index (χ4v) is 2.62. The first-order valence-corrected chi connectivity index (χ1v) is 8.96. The fourth-order valence-electron chi connectivity index (χ4n) is 2.62. The van der Waals surface area contributed by atoms with Gasteiger partial charge in [0.15, 0.2) is 11.9 Å². The van der Waals surface area contributed by atoms with Gasteiger partial charge in [0.05, 0.1) is 24.2 Å². The van der Waals surface area contributed by atoms with Crippen molar-refractivity contribution < 1.29 is 14.3 Å². The van der Waals surface area contributed by atoms with Crippen molar-refractivity contribution in [1.82, 2.24) is 15.3 Å². The lowest BCUT2D eigenvalue weighted by atomic mass is 10.1. The average molecular weight is 367 g/mol. The molecule has 1 amide bonds. The highest BCUT2D eigenvalue weighted by Gasteiger charge is 2.23. The Morgan fingerprint density at radius 2 is 1.81 bits per heavy atom. The summed E-state index contributed by atoms with van der Waals surface area (Å²) in [6, 6.07) is 17.5. The summed E-state index contributed by atoms with van der Waals surface area (Å²) < 4.78 is 11.4. The second-order valence-electron chi connectivity index (χ2n) is 7.41. The van der Waals surface area contributed by atoms with E-state index >= 15 is 0 Å². The van der Waals surface area contributed by atoms with Crippen LogP contribution in [0.3, 0.4) is 0 Å². The van der Waals surface area contributed by atoms with E-state index in [2.05, 4.69) is 15.3 Å². The summed E-state index contributed by atoms with van der Waals surface area (Å²) in [5.74, 6) is 0.563. The number of para-hydroxylation sites is 2. The van der Waals surface area contributed by atoms with E-state index in [1.54, 1.807) is 0 Å². The highest BCUT2D eigenvalue weighted by Crippen LogP contribution is 2.20. The number of imidazole rings is 1. The number of alkyl carbamates (subject to hydrolysis) is 1. The van der Waals surface area contributed by atoms with Gasteiger partial charge in [0.2, 0.25) is 0 Å². The summed E-state index contributed by atoms with van der Waals surface area (Å²) >= 11 is 0. The first-order chi connectivity index (χ1) is 12.9. The molecule has 6 nitrogen and oxygen atoms in total. The van der Waals surface area contributed by atoms with Crippen LogP contribution in [0.15, 0.2) is 54.6 Å². The van der Waals surface area contributed by atoms with Gasteiger partial charge < -0.3 is 19.8 Å². The van der Waals surface area contributed by atoms with Crippen LogP contribution in [-0.2, 0) is 16.1 Å². The van der Waals surface area contributed by atoms with Crippen molar-refractivity contribution in [2.75, 3.05) is 6.61 Å². The maximum Gasteiger partial charge on any atom is 0.408 e. The van der Waals surface area contributed by atoms with E-state index in [0.717, 1.165) is 16.6 Å². The van der Waals surface area contributed by atoms with Gasteiger partial charge >= 0.3 is 6.09 Å². The van der Waals surface area contributed by atoms with Gasteiger partial charge in [-0.3, -0.25) is 0 Å². The molecule has 0 unspecified atom stereocenters. The number of amides is 1. The third kappa shape index (κ3) is 5.56. The van der Waals surface area contributed by atoms with Crippen molar-refractivity contribution >= 4 is 17.1 Å². The van der Waals surface area contributed by atoms with Crippen molar-refractivity contribution in [3.63, 3.8) is 0 Å². The lowest BCUT2D eigenvalue weighted by Crippen LogP contribution is -2.41. The number of nitrogens with one attached hydrogen (secondary N) is 2. The molecule has 3 rings (SSSR count). The van der Waals surface area contributed by atoms with Gasteiger partial charge in [-0.2, -0.15) is 0 Å². The third-order valence-corrected chi connectivity index (χ3v) is 3.82. The second kappa shape index (κ2) is 8.22. The van der Waals surface area contributed by atoms with E-state index in [0.29, 0.717) is 12.4 Å². The number of rotatable bonds is 6. The lowest BCUT2D eigenvalue weighted by Gasteiger charge is -2.23. The molecule has 0 spiro atoms. The Hall–Kier alpha value is -2.86. The number of nitrogens with zero attached hydrogens (tertiary/aromatic N) is 1. The molecule has 1 aromatic heterocycles. The van der Waals surface area contributed by atoms with E-state index in [-0.39, 0.29) is 12.1 Å². The molecule has 27 heavy (non-hydrogen) atoms. The number of benzene rings is 2. The Labute approximate surface area is 158 Å². The zero-order valence-electron chi connectivity index (χ0n) is 15.9. The molecule has 1 atom stereocenters. The molecule has 2 aromatic carbocycles. The first-order valence-electron chi connectivity index (χ1n) is 8.96. The minimum atomic E-state index is -0.636. The van der Waals surface area contributed by atoms with Gasteiger partial charge in [-0.25, -0.2) is 9.78 Å². The van der Waals surface area contributed by atoms with Gasteiger partial charge in [0.25, 0.3) is 0 Å². The third-order valence-electron chi connectivity index (χ3n) is 3.82. The number of hydrogen-bond donors (Lipinski definition) is 2. The van der Waals surface area contributed by atoms with Crippen LogP contribution in [-0.4, -0.2) is 28.2 Å². The number of aromatic amines is 1. The summed E-state index contributed by atoms with van der Waals surface area (Å²) in [5, 5.41) is 2.80. The number of ether oxygens (including phenoxy) is 2. The normalized spacial score (nSPS) is 12.7. The monoisotopic (exact) mass is 367 g/mol. The lowest BCUT2D eigenvalue weighted by molar-refractivity contribution is 0.00690. The number of hydrogen-bond acceptors (Lipinski definition) is 4. The summed E-state index contributed by atoms with van der Waals surface area (Å²) in [6.07, 6.45) is -1.14. The van der Waals surface area contributed by atoms with Gasteiger partial charge in [-0.05, 0) is 38.5 Å². The molecular weight excluding hydrogens is 342 g/mol. The molecule has 0 fully saturated rings. The maximum absolute atomic E-state index is 12.3. The Morgan fingerprint density at radius 1 is 1.11 bits per heavy atom. The molecule has 6 heteroatoms. The van der Waals surface area contributed by atoms with Crippen LogP contribution in [0.5, 0.6) is 0 Å². The van der Waals surface area contributed by atoms with Crippen molar-refractivity contribution in [2.45, 2.75) is 39.0 Å². The molecule has 3 aromatic rings. The van der Waals surface area contributed by atoms with Crippen LogP contribution in [0, 0.1) is 0 Å². The molecule has 0 saturated heterocycles. The van der Waals surface area contributed by atoms with E-state index in [1.807, 2.05) is 75.4 Å². The molecule has 0 aliphatic rings. The van der Waals surface area contributed by atoms with Crippen LogP contribution in [0.2, 0.25) is 0 Å². The van der Waals surface area contributed by atoms with Crippen molar-refractivity contribution in [1.29, 1.82) is 0 Å². The molecule has 142 valence electrons. The van der Waals surface area contributed by atoms with Crippen molar-refractivity contribution in [2.24, 2.45) is 0 Å². The SMILES string of the molecule is CC(C)(C)NC(=O)O[C@@H](COCc1ccccc1)c1nc2ccccc2[nH]1. The molecule has 0 saturated carbocycles. The highest BCUT2D eigenvalue weighted by atomic mass is 16.6. The maximum atomic E-state index is 12.3. The van der Waals surface area contributed by atoms with E-state index in [4.69, 9.17) is 9.47 Å². The quantitative estimate of drug-likeness (QED) is 0.679. The smallest absolute Gasteiger partial charge is 0.408 e. The van der Waals surface area contributed by atoms with Crippen LogP contribution < -0.4 is 5.32 Å². The zero-order valence-corrected chi connectivity index (χ0v) is 15.9. The predicted octanol–water partition coefficient (Wildman–Crippen LogP) is 4.35. The number of carbonyl (C=O) groups excluding carboxylic acids is 1. The number of carbonyl (C=O) groups is 1. The van der Waals surface area contributed by atoms with Crippen molar-refractivity contribution in [3.05, 3.63) is 66.0 Å². The number of fused-ring (bicyclic) bond motifs is 1. The van der Waals surface area contributed by atoms with Crippen LogP contribution >= 0.6 is 0 Å². The Balaban J connectivity index is 1.72. The molecule has 2 N–H and O–H groups in total. The average Bonchev–Trinajstić information content (AvgIpc) is 3.04. The summed E-state index contributed by atoms with van der Waals surface area (Å²) in [4.78, 5) is 20.0. The van der Waals surface area contributed by atoms with E-state index < -0.39 is 12.2 Å². The van der Waals surface area contributed by atoms with Crippen LogP contribution in [0.25, 0.3) is 11.0 Å². The summed E-state index contributed by atoms with van der Waals surface area (Å²) in [6.45, 7) is 6.33. The number of H-pyrrole nitrogens is 1. The molecule has 0 bridgehead atoms. The topological polar surface area (TPSA) is 76.2 Å². The van der Waals surface area contributed by atoms with E-state index in [9.17, 15) is 4.79 Å². The van der Waals surface area contributed by atoms with Gasteiger partial charge in [-0.15, -0.1) is 0 Å². The van der Waals surface area contributed by atoms with Gasteiger partial charge in [-0.1, -0.05) is 42.5 Å². The largest absolute Gasteiger partial charge is 0.436 e. The Morgan fingerprint density at radius 3 is 2.52 bits per heavy atom. The Kier molecular flexibility index (Phi) is 5.76. The molecule has 0 aliphatic heterocycles. The highest BCUT2D eigenvalue weighted by molar-refractivity contribution is 5.75. The molecule has 0 aliphatic carbocycles. The van der Waals surface area contributed by atoms with Gasteiger partial charge in [0.1, 0.15) is 0 Å². The summed E-state index contributed by atoms with van der Waals surface area (Å²) in [7, 11) is 0. The first kappa shape index (κ1) is 18.9. The van der Waals surface area contributed by atoms with Crippen molar-refractivity contribution in [3.8, 4) is 0 Å². The van der Waals surface area contributed by atoms with Crippen LogP contribution in [0.4, 0.5) is 4.79 Å². The van der Waals surface area contributed by atoms with Gasteiger partial charge in [0, 0.05) is 5.54 Å². The van der Waals surface area contributed by atoms with Crippen LogP contribution in [0.1, 0.15) is 38.3 Å². The predicted molar refractivity (Wildman–Crippen MR) is 104 cm³/mol. The number of aromatic nitrogens is 2. The molecular formula is C21H25N3O3. The molecule has 1 heterocycles. The standard InChI is InChI=1S/C21H25N3O3/c1-21(2,3)24-20(25)27-18(14-26-13-15-9-5-4-6-10-15)19-22-16-11-7-8-12-17(16)23-19/h4-12,18H,13-14H2,1-3H3,(H,22,23)(H,24,25)/t18-/m0/s1. The fraction of sp³-hybridized carbons (Fsp3) is 0.333. The summed E-state index contributed by atoms with van der Waals surface area (Å²) in [5.41, 5.74) is 2.38. The zero-order chi connectivity index (χ0) is 19.3. The van der Waals surface area contributed by atoms with E-state index in [1.165, 1.54) is 0 Å². The molecule has 0 radical (unpaired) electrons. The Bertz CT molecular complexity index is 851. The minimum Gasteiger partial charge on any atom is -0.436 e. The minimum absolute atomic E-state index is 0.201.